The smallest absolute Gasteiger partial charge is 0.00862 e. The van der Waals surface area contributed by atoms with E-state index in [1.807, 2.05) is 6.92 Å². The molecule has 0 radical (unpaired) electrons. The third-order valence-electron chi connectivity index (χ3n) is 1.57. The molecule has 0 bridgehead atoms. The quantitative estimate of drug-likeness (QED) is 0.474. The molecule has 0 aliphatic heterocycles. The van der Waals surface area contributed by atoms with Gasteiger partial charge in [-0.3, -0.25) is 0 Å². The molecule has 1 saturated carbocycles. The number of hydrogen-bond acceptors (Lipinski definition) is 2. The Morgan fingerprint density at radius 1 is 1.71 bits per heavy atom. The van der Waals surface area contributed by atoms with E-state index in [2.05, 4.69) is 0 Å². The van der Waals surface area contributed by atoms with Crippen molar-refractivity contribution in [2.24, 2.45) is 17.4 Å². The summed E-state index contributed by atoms with van der Waals surface area (Å²) in [5.41, 5.74) is 11.0. The van der Waals surface area contributed by atoms with Gasteiger partial charge in [-0.25, -0.2) is 0 Å². The van der Waals surface area contributed by atoms with Crippen molar-refractivity contribution in [1.29, 1.82) is 0 Å². The standard InChI is InChI=1S/C5H12N2/c1-3(6)4-2-5(4)7/h3-5H,2,6-7H2,1H3/t3-,4+,5+/m1/s1. The summed E-state index contributed by atoms with van der Waals surface area (Å²) in [6, 6.07) is 0.731. The summed E-state index contributed by atoms with van der Waals surface area (Å²) in [5, 5.41) is 0. The molecule has 42 valence electrons. The summed E-state index contributed by atoms with van der Waals surface area (Å²) in [6.07, 6.45) is 1.14. The normalized spacial score (nSPS) is 43.3. The van der Waals surface area contributed by atoms with Crippen molar-refractivity contribution in [3.05, 3.63) is 0 Å². The molecule has 7 heavy (non-hydrogen) atoms. The van der Waals surface area contributed by atoms with Gasteiger partial charge in [0.25, 0.3) is 0 Å². The van der Waals surface area contributed by atoms with Crippen molar-refractivity contribution in [2.75, 3.05) is 0 Å². The minimum Gasteiger partial charge on any atom is -0.328 e. The van der Waals surface area contributed by atoms with Crippen LogP contribution in [0.1, 0.15) is 13.3 Å². The third kappa shape index (κ3) is 0.924. The Balaban J connectivity index is 2.20. The minimum absolute atomic E-state index is 0.315. The zero-order valence-corrected chi connectivity index (χ0v) is 4.59. The molecule has 0 unspecified atom stereocenters. The van der Waals surface area contributed by atoms with Crippen molar-refractivity contribution in [3.8, 4) is 0 Å². The average molecular weight is 100 g/mol. The van der Waals surface area contributed by atoms with Crippen LogP contribution in [0.2, 0.25) is 0 Å². The highest BCUT2D eigenvalue weighted by atomic mass is 14.8. The Hall–Kier alpha value is -0.0800. The Bertz CT molecular complexity index is 70.5. The second-order valence-electron chi connectivity index (χ2n) is 2.42. The lowest BCUT2D eigenvalue weighted by Gasteiger charge is -1.97. The SMILES string of the molecule is C[C@@H](N)[C@@H]1C[C@@H]1N. The molecule has 0 spiro atoms. The van der Waals surface area contributed by atoms with E-state index in [0.717, 1.165) is 6.42 Å². The molecule has 0 aromatic carbocycles. The molecule has 0 heterocycles. The lowest BCUT2D eigenvalue weighted by Crippen LogP contribution is -2.21. The maximum atomic E-state index is 5.51. The molecule has 1 fully saturated rings. The lowest BCUT2D eigenvalue weighted by atomic mass is 10.2. The number of hydrogen-bond donors (Lipinski definition) is 2. The van der Waals surface area contributed by atoms with Crippen LogP contribution in [-0.2, 0) is 0 Å². The van der Waals surface area contributed by atoms with E-state index in [9.17, 15) is 0 Å². The van der Waals surface area contributed by atoms with Crippen LogP contribution in [0.5, 0.6) is 0 Å². The van der Waals surface area contributed by atoms with Gasteiger partial charge < -0.3 is 11.5 Å². The van der Waals surface area contributed by atoms with Crippen LogP contribution in [0, 0.1) is 5.92 Å². The molecule has 1 aliphatic rings. The first-order valence-corrected chi connectivity index (χ1v) is 2.73. The minimum atomic E-state index is 0.315. The van der Waals surface area contributed by atoms with E-state index >= 15 is 0 Å². The molecular weight excluding hydrogens is 88.1 g/mol. The summed E-state index contributed by atoms with van der Waals surface area (Å²) >= 11 is 0. The van der Waals surface area contributed by atoms with Crippen LogP contribution in [0.25, 0.3) is 0 Å². The summed E-state index contributed by atoms with van der Waals surface area (Å²) < 4.78 is 0. The first-order valence-electron chi connectivity index (χ1n) is 2.73. The van der Waals surface area contributed by atoms with Crippen LogP contribution >= 0.6 is 0 Å². The first kappa shape index (κ1) is 5.06. The number of rotatable bonds is 1. The average Bonchev–Trinajstić information content (AvgIpc) is 2.17. The predicted molar refractivity (Wildman–Crippen MR) is 29.7 cm³/mol. The molecule has 4 N–H and O–H groups in total. The summed E-state index contributed by atoms with van der Waals surface area (Å²) in [7, 11) is 0. The second kappa shape index (κ2) is 1.46. The van der Waals surface area contributed by atoms with E-state index in [1.165, 1.54) is 0 Å². The van der Waals surface area contributed by atoms with Gasteiger partial charge in [-0.1, -0.05) is 0 Å². The molecule has 2 nitrogen and oxygen atoms in total. The largest absolute Gasteiger partial charge is 0.328 e. The molecular formula is C5H12N2. The fourth-order valence-electron chi connectivity index (χ4n) is 0.840. The van der Waals surface area contributed by atoms with Crippen LogP contribution in [0.4, 0.5) is 0 Å². The maximum absolute atomic E-state index is 5.51. The van der Waals surface area contributed by atoms with Gasteiger partial charge in [0.15, 0.2) is 0 Å². The van der Waals surface area contributed by atoms with Gasteiger partial charge in [0.05, 0.1) is 0 Å². The third-order valence-corrected chi connectivity index (χ3v) is 1.57. The van der Waals surface area contributed by atoms with Gasteiger partial charge in [-0.15, -0.1) is 0 Å². The molecule has 0 aromatic rings. The van der Waals surface area contributed by atoms with Crippen LogP contribution in [0.15, 0.2) is 0 Å². The Labute approximate surface area is 43.9 Å². The zero-order valence-electron chi connectivity index (χ0n) is 4.59. The van der Waals surface area contributed by atoms with Crippen molar-refractivity contribution < 1.29 is 0 Å². The molecule has 1 aliphatic carbocycles. The zero-order chi connectivity index (χ0) is 5.44. The Morgan fingerprint density at radius 2 is 2.14 bits per heavy atom. The highest BCUT2D eigenvalue weighted by Gasteiger charge is 2.35. The van der Waals surface area contributed by atoms with E-state index in [0.29, 0.717) is 18.0 Å². The summed E-state index contributed by atoms with van der Waals surface area (Å²) in [6.45, 7) is 2.01. The van der Waals surface area contributed by atoms with E-state index in [4.69, 9.17) is 11.5 Å². The molecule has 0 amide bonds. The van der Waals surface area contributed by atoms with Gasteiger partial charge in [0.2, 0.25) is 0 Å². The fraction of sp³-hybridized carbons (Fsp3) is 1.00. The topological polar surface area (TPSA) is 52.0 Å². The van der Waals surface area contributed by atoms with E-state index < -0.39 is 0 Å². The molecule has 1 rings (SSSR count). The Morgan fingerprint density at radius 3 is 2.14 bits per heavy atom. The van der Waals surface area contributed by atoms with Crippen LogP contribution < -0.4 is 11.5 Å². The van der Waals surface area contributed by atoms with E-state index in [-0.39, 0.29) is 0 Å². The van der Waals surface area contributed by atoms with Crippen molar-refractivity contribution in [2.45, 2.75) is 25.4 Å². The molecule has 3 atom stereocenters. The molecule has 0 aromatic heterocycles. The highest BCUT2D eigenvalue weighted by Crippen LogP contribution is 2.29. The Kier molecular flexibility index (Phi) is 1.05. The lowest BCUT2D eigenvalue weighted by molar-refractivity contribution is 0.629. The van der Waals surface area contributed by atoms with Gasteiger partial charge in [0, 0.05) is 12.1 Å². The van der Waals surface area contributed by atoms with Crippen LogP contribution in [-0.4, -0.2) is 12.1 Å². The van der Waals surface area contributed by atoms with Crippen molar-refractivity contribution in [1.82, 2.24) is 0 Å². The number of nitrogens with two attached hydrogens (primary N) is 2. The second-order valence-corrected chi connectivity index (χ2v) is 2.42. The van der Waals surface area contributed by atoms with Crippen LogP contribution in [0.3, 0.4) is 0 Å². The first-order chi connectivity index (χ1) is 3.22. The fourth-order valence-corrected chi connectivity index (χ4v) is 0.840. The summed E-state index contributed by atoms with van der Waals surface area (Å²) in [4.78, 5) is 0. The van der Waals surface area contributed by atoms with Gasteiger partial charge in [0.1, 0.15) is 0 Å². The predicted octanol–water partition coefficient (Wildman–Crippen LogP) is -0.319. The van der Waals surface area contributed by atoms with Gasteiger partial charge >= 0.3 is 0 Å². The molecule has 0 saturated heterocycles. The van der Waals surface area contributed by atoms with Gasteiger partial charge in [-0.05, 0) is 19.3 Å². The van der Waals surface area contributed by atoms with Crippen molar-refractivity contribution in [3.63, 3.8) is 0 Å². The van der Waals surface area contributed by atoms with E-state index in [1.54, 1.807) is 0 Å². The van der Waals surface area contributed by atoms with Gasteiger partial charge in [-0.2, -0.15) is 0 Å². The maximum Gasteiger partial charge on any atom is 0.00862 e. The molecule has 2 heteroatoms. The van der Waals surface area contributed by atoms with Crippen molar-refractivity contribution >= 4 is 0 Å². The summed E-state index contributed by atoms with van der Waals surface area (Å²) in [5.74, 6) is 0.625. The highest BCUT2D eigenvalue weighted by molar-refractivity contribution is 4.94. The monoisotopic (exact) mass is 100 g/mol.